The summed E-state index contributed by atoms with van der Waals surface area (Å²) in [4.78, 5) is 49.4. The largest absolute Gasteiger partial charge is 0.514 e. The third kappa shape index (κ3) is 13.4. The minimum atomic E-state index is -1.11. The van der Waals surface area contributed by atoms with Crippen LogP contribution < -0.4 is 15.2 Å². The van der Waals surface area contributed by atoms with Crippen LogP contribution in [0.2, 0.25) is 0 Å². The molecule has 0 spiro atoms. The minimum Gasteiger partial charge on any atom is -0.458 e. The first kappa shape index (κ1) is 36.5. The normalized spacial score (nSPS) is 13.7. The quantitative estimate of drug-likeness (QED) is 0.105. The Morgan fingerprint density at radius 2 is 1.31 bits per heavy atom. The number of hydrogen-bond acceptors (Lipinski definition) is 12. The predicted molar refractivity (Wildman–Crippen MR) is 153 cm³/mol. The Morgan fingerprint density at radius 3 is 1.83 bits per heavy atom. The maximum Gasteiger partial charge on any atom is 0.514 e. The summed E-state index contributed by atoms with van der Waals surface area (Å²) < 4.78 is 36.9. The summed E-state index contributed by atoms with van der Waals surface area (Å²) >= 11 is 0. The molecule has 0 radical (unpaired) electrons. The minimum absolute atomic E-state index is 0.0146. The fraction of sp³-hybridized carbons (Fsp3) is 0.667. The van der Waals surface area contributed by atoms with E-state index in [0.717, 1.165) is 6.42 Å². The number of benzene rings is 1. The molecule has 0 bridgehead atoms. The first-order chi connectivity index (χ1) is 19.5. The number of unbranched alkanes of at least 4 members (excludes halogenated alkanes) is 1. The van der Waals surface area contributed by atoms with Crippen LogP contribution in [0.3, 0.4) is 0 Å². The van der Waals surface area contributed by atoms with Gasteiger partial charge in [0.15, 0.2) is 11.5 Å². The van der Waals surface area contributed by atoms with Gasteiger partial charge in [-0.05, 0) is 84.9 Å². The molecule has 3 atom stereocenters. The fourth-order valence-electron chi connectivity index (χ4n) is 2.95. The molecule has 2 N–H and O–H groups in total. The van der Waals surface area contributed by atoms with Gasteiger partial charge in [0.25, 0.3) is 0 Å². The van der Waals surface area contributed by atoms with Crippen molar-refractivity contribution in [3.63, 3.8) is 0 Å². The molecule has 0 saturated carbocycles. The fourth-order valence-corrected chi connectivity index (χ4v) is 2.95. The molecule has 0 heterocycles. The van der Waals surface area contributed by atoms with E-state index in [-0.39, 0.29) is 24.5 Å². The van der Waals surface area contributed by atoms with Crippen LogP contribution in [0, 0.1) is 0 Å². The van der Waals surface area contributed by atoms with E-state index in [2.05, 4.69) is 0 Å². The van der Waals surface area contributed by atoms with Gasteiger partial charge in [-0.15, -0.1) is 0 Å². The van der Waals surface area contributed by atoms with Gasteiger partial charge >= 0.3 is 24.4 Å². The summed E-state index contributed by atoms with van der Waals surface area (Å²) in [7, 11) is 0. The van der Waals surface area contributed by atoms with Gasteiger partial charge in [0.05, 0.1) is 6.61 Å². The second-order valence-electron chi connectivity index (χ2n) is 11.1. The van der Waals surface area contributed by atoms with Gasteiger partial charge in [-0.1, -0.05) is 33.3 Å². The summed E-state index contributed by atoms with van der Waals surface area (Å²) in [5.74, 6) is -0.966. The highest BCUT2D eigenvalue weighted by Gasteiger charge is 2.28. The van der Waals surface area contributed by atoms with Crippen molar-refractivity contribution in [2.24, 2.45) is 5.73 Å². The molecule has 1 aromatic rings. The number of nitrogens with two attached hydrogens (primary N) is 1. The van der Waals surface area contributed by atoms with Crippen molar-refractivity contribution >= 4 is 24.4 Å². The molecule has 1 aromatic carbocycles. The molecule has 12 heteroatoms. The highest BCUT2D eigenvalue weighted by Crippen LogP contribution is 2.31. The van der Waals surface area contributed by atoms with E-state index >= 15 is 0 Å². The van der Waals surface area contributed by atoms with Crippen LogP contribution in [0.15, 0.2) is 18.2 Å². The van der Waals surface area contributed by atoms with Crippen molar-refractivity contribution in [2.45, 2.75) is 124 Å². The number of carbonyl (C=O) groups excluding carboxylic acids is 4. The molecule has 0 aromatic heterocycles. The first-order valence-corrected chi connectivity index (χ1v) is 14.3. The predicted octanol–water partition coefficient (Wildman–Crippen LogP) is 6.24. The summed E-state index contributed by atoms with van der Waals surface area (Å²) in [6.45, 7) is 15.9. The molecule has 0 amide bonds. The zero-order valence-electron chi connectivity index (χ0n) is 26.3. The Hall–Kier alpha value is -3.54. The van der Waals surface area contributed by atoms with Crippen molar-refractivity contribution in [1.82, 2.24) is 0 Å². The highest BCUT2D eigenvalue weighted by atomic mass is 16.8. The van der Waals surface area contributed by atoms with E-state index < -0.39 is 53.9 Å². The lowest BCUT2D eigenvalue weighted by molar-refractivity contribution is -0.155. The second-order valence-corrected chi connectivity index (χ2v) is 11.1. The topological polar surface area (TPSA) is 159 Å². The second kappa shape index (κ2) is 16.8. The molecular formula is C30H47NO11. The molecule has 12 nitrogen and oxygen atoms in total. The molecule has 0 aliphatic carbocycles. The monoisotopic (exact) mass is 597 g/mol. The molecule has 238 valence electrons. The lowest BCUT2D eigenvalue weighted by Gasteiger charge is -2.24. The Morgan fingerprint density at radius 1 is 0.786 bits per heavy atom. The standard InChI is InChI=1S/C30H47NO11/c1-10-13-16-36-26(33)38-20(5)19(4)37-25(32)22(31)17-21-14-15-23(39-27(34)41-29(6,7)11-2)24(18-21)40-28(35)42-30(8,9)12-3/h14-15,18-20,22H,10-13,16-17,31H2,1-9H3/t19-,20?,22-/m0/s1. The molecule has 1 unspecified atom stereocenters. The summed E-state index contributed by atoms with van der Waals surface area (Å²) in [6, 6.07) is 3.24. The Balaban J connectivity index is 2.99. The third-order valence-electron chi connectivity index (χ3n) is 6.54. The maximum absolute atomic E-state index is 12.7. The van der Waals surface area contributed by atoms with E-state index in [1.165, 1.54) is 12.1 Å². The van der Waals surface area contributed by atoms with Gasteiger partial charge in [0.1, 0.15) is 29.5 Å². The van der Waals surface area contributed by atoms with Crippen molar-refractivity contribution in [3.05, 3.63) is 23.8 Å². The average Bonchev–Trinajstić information content (AvgIpc) is 2.89. The van der Waals surface area contributed by atoms with Crippen LogP contribution in [0.1, 0.15) is 93.6 Å². The van der Waals surface area contributed by atoms with Crippen LogP contribution in [-0.2, 0) is 34.9 Å². The van der Waals surface area contributed by atoms with Crippen LogP contribution in [0.25, 0.3) is 0 Å². The number of ether oxygens (including phenoxy) is 7. The highest BCUT2D eigenvalue weighted by molar-refractivity contribution is 5.76. The smallest absolute Gasteiger partial charge is 0.458 e. The van der Waals surface area contributed by atoms with E-state index in [4.69, 9.17) is 38.9 Å². The number of esters is 1. The van der Waals surface area contributed by atoms with Gasteiger partial charge in [0, 0.05) is 0 Å². The zero-order chi connectivity index (χ0) is 32.1. The maximum atomic E-state index is 12.7. The van der Waals surface area contributed by atoms with Gasteiger partial charge in [-0.25, -0.2) is 14.4 Å². The Kier molecular flexibility index (Phi) is 14.6. The summed E-state index contributed by atoms with van der Waals surface area (Å²) in [5.41, 5.74) is 5.00. The Labute approximate surface area is 248 Å². The van der Waals surface area contributed by atoms with E-state index in [1.807, 2.05) is 20.8 Å². The van der Waals surface area contributed by atoms with Crippen molar-refractivity contribution < 1.29 is 52.3 Å². The zero-order valence-corrected chi connectivity index (χ0v) is 26.3. The van der Waals surface area contributed by atoms with Crippen molar-refractivity contribution in [1.29, 1.82) is 0 Å². The van der Waals surface area contributed by atoms with Crippen LogP contribution >= 0.6 is 0 Å². The van der Waals surface area contributed by atoms with Crippen LogP contribution in [0.4, 0.5) is 14.4 Å². The molecule has 0 aliphatic rings. The molecular weight excluding hydrogens is 550 g/mol. The Bertz CT molecular complexity index is 1050. The van der Waals surface area contributed by atoms with E-state index in [1.54, 1.807) is 47.6 Å². The van der Waals surface area contributed by atoms with Gasteiger partial charge in [0.2, 0.25) is 0 Å². The van der Waals surface area contributed by atoms with Crippen LogP contribution in [-0.4, -0.2) is 60.5 Å². The molecule has 42 heavy (non-hydrogen) atoms. The molecule has 0 fully saturated rings. The van der Waals surface area contributed by atoms with E-state index in [9.17, 15) is 19.2 Å². The lowest BCUT2D eigenvalue weighted by Crippen LogP contribution is -2.39. The van der Waals surface area contributed by atoms with Crippen molar-refractivity contribution in [2.75, 3.05) is 6.61 Å². The number of rotatable bonds is 15. The van der Waals surface area contributed by atoms with Gasteiger partial charge < -0.3 is 38.9 Å². The van der Waals surface area contributed by atoms with Gasteiger partial charge in [-0.2, -0.15) is 0 Å². The lowest BCUT2D eigenvalue weighted by atomic mass is 10.1. The van der Waals surface area contributed by atoms with Crippen LogP contribution in [0.5, 0.6) is 11.5 Å². The molecule has 1 rings (SSSR count). The SMILES string of the molecule is CCCCOC(=O)OC(C)[C@H](C)OC(=O)[C@@H](N)Cc1ccc(OC(=O)OC(C)(C)CC)c(OC(=O)OC(C)(C)CC)c1. The molecule has 0 saturated heterocycles. The summed E-state index contributed by atoms with van der Waals surface area (Å²) in [6.07, 6.45) is -1.78. The van der Waals surface area contributed by atoms with E-state index in [0.29, 0.717) is 24.8 Å². The first-order valence-electron chi connectivity index (χ1n) is 14.3. The van der Waals surface area contributed by atoms with Crippen molar-refractivity contribution in [3.8, 4) is 11.5 Å². The van der Waals surface area contributed by atoms with Gasteiger partial charge in [-0.3, -0.25) is 4.79 Å². The summed E-state index contributed by atoms with van der Waals surface area (Å²) in [5, 5.41) is 0. The number of carbonyl (C=O) groups is 4. The molecule has 0 aliphatic heterocycles. The number of hydrogen-bond donors (Lipinski definition) is 1. The third-order valence-corrected chi connectivity index (χ3v) is 6.54. The average molecular weight is 598 g/mol.